The Morgan fingerprint density at radius 1 is 1.24 bits per heavy atom. The van der Waals surface area contributed by atoms with Crippen molar-refractivity contribution in [2.45, 2.75) is 38.3 Å². The maximum Gasteiger partial charge on any atom is 0.320 e. The number of likely N-dealkylation sites (tertiary alicyclic amines) is 1. The number of carbonyl (C=O) groups is 2. The van der Waals surface area contributed by atoms with Gasteiger partial charge in [-0.3, -0.25) is 14.5 Å². The summed E-state index contributed by atoms with van der Waals surface area (Å²) in [6.07, 6.45) is 2.35. The number of nitrogens with one attached hydrogen (secondary N) is 1. The van der Waals surface area contributed by atoms with E-state index in [1.807, 2.05) is 54.3 Å². The smallest absolute Gasteiger partial charge is 0.320 e. The molecule has 2 aromatic rings. The Morgan fingerprint density at radius 2 is 2.00 bits per heavy atom. The highest BCUT2D eigenvalue weighted by molar-refractivity contribution is 5.98. The van der Waals surface area contributed by atoms with Crippen LogP contribution in [0.15, 0.2) is 42.5 Å². The van der Waals surface area contributed by atoms with Crippen LogP contribution in [-0.2, 0) is 4.79 Å². The van der Waals surface area contributed by atoms with Crippen LogP contribution in [0.2, 0.25) is 0 Å². The largest absolute Gasteiger partial charge is 0.480 e. The first-order valence-corrected chi connectivity index (χ1v) is 8.85. The quantitative estimate of drug-likeness (QED) is 0.878. The van der Waals surface area contributed by atoms with E-state index in [1.165, 1.54) is 0 Å². The Hall–Kier alpha value is -2.40. The molecule has 0 spiro atoms. The van der Waals surface area contributed by atoms with Gasteiger partial charge in [-0.05, 0) is 48.7 Å². The summed E-state index contributed by atoms with van der Waals surface area (Å²) in [5.41, 5.74) is 0.640. The van der Waals surface area contributed by atoms with E-state index in [2.05, 4.69) is 5.32 Å². The second-order valence-corrected chi connectivity index (χ2v) is 6.63. The van der Waals surface area contributed by atoms with Crippen molar-refractivity contribution in [3.8, 4) is 0 Å². The van der Waals surface area contributed by atoms with Gasteiger partial charge in [-0.2, -0.15) is 0 Å². The lowest BCUT2D eigenvalue weighted by atomic mass is 10.0. The number of amides is 1. The van der Waals surface area contributed by atoms with Crippen LogP contribution in [0.4, 0.5) is 0 Å². The summed E-state index contributed by atoms with van der Waals surface area (Å²) in [5, 5.41) is 14.6. The van der Waals surface area contributed by atoms with Crippen LogP contribution in [0.3, 0.4) is 0 Å². The van der Waals surface area contributed by atoms with E-state index in [1.54, 1.807) is 0 Å². The number of nitrogens with zero attached hydrogens (tertiary/aromatic N) is 1. The molecule has 1 aliphatic rings. The van der Waals surface area contributed by atoms with E-state index in [9.17, 15) is 14.7 Å². The molecule has 25 heavy (non-hydrogen) atoms. The number of benzene rings is 2. The number of hydrogen-bond acceptors (Lipinski definition) is 3. The molecule has 0 aliphatic carbocycles. The second kappa shape index (κ2) is 7.66. The van der Waals surface area contributed by atoms with Crippen LogP contribution in [0.1, 0.15) is 36.5 Å². The average Bonchev–Trinajstić information content (AvgIpc) is 2.62. The third kappa shape index (κ3) is 3.99. The van der Waals surface area contributed by atoms with Gasteiger partial charge in [-0.15, -0.1) is 0 Å². The molecule has 2 N–H and O–H groups in total. The monoisotopic (exact) mass is 340 g/mol. The van der Waals surface area contributed by atoms with Crippen molar-refractivity contribution < 1.29 is 14.7 Å². The number of carboxylic acid groups (broad SMARTS) is 1. The topological polar surface area (TPSA) is 69.6 Å². The van der Waals surface area contributed by atoms with Crippen molar-refractivity contribution in [3.05, 3.63) is 48.0 Å². The SMILES string of the molecule is CC[C@H](C(=O)O)N1CCC[C@H](NC(=O)c2ccc3ccccc3c2)C1. The van der Waals surface area contributed by atoms with Crippen LogP contribution in [0.5, 0.6) is 0 Å². The van der Waals surface area contributed by atoms with Crippen molar-refractivity contribution >= 4 is 22.6 Å². The van der Waals surface area contributed by atoms with Crippen molar-refractivity contribution in [3.63, 3.8) is 0 Å². The van der Waals surface area contributed by atoms with E-state index in [0.29, 0.717) is 18.5 Å². The molecule has 0 unspecified atom stereocenters. The Kier molecular flexibility index (Phi) is 5.34. The number of piperidine rings is 1. The first-order valence-electron chi connectivity index (χ1n) is 8.85. The highest BCUT2D eigenvalue weighted by atomic mass is 16.4. The minimum atomic E-state index is -0.788. The fraction of sp³-hybridized carbons (Fsp3) is 0.400. The van der Waals surface area contributed by atoms with Crippen LogP contribution in [0, 0.1) is 0 Å². The Morgan fingerprint density at radius 3 is 2.72 bits per heavy atom. The highest BCUT2D eigenvalue weighted by Gasteiger charge is 2.29. The van der Waals surface area contributed by atoms with Gasteiger partial charge in [0.25, 0.3) is 5.91 Å². The fourth-order valence-corrected chi connectivity index (χ4v) is 3.60. The highest BCUT2D eigenvalue weighted by Crippen LogP contribution is 2.18. The van der Waals surface area contributed by atoms with Gasteiger partial charge in [-0.1, -0.05) is 37.3 Å². The van der Waals surface area contributed by atoms with Gasteiger partial charge in [0.15, 0.2) is 0 Å². The van der Waals surface area contributed by atoms with Gasteiger partial charge >= 0.3 is 5.97 Å². The Labute approximate surface area is 147 Å². The molecule has 2 aromatic carbocycles. The van der Waals surface area contributed by atoms with Crippen molar-refractivity contribution in [1.82, 2.24) is 10.2 Å². The van der Waals surface area contributed by atoms with Crippen LogP contribution < -0.4 is 5.32 Å². The third-order valence-electron chi connectivity index (χ3n) is 4.91. The first kappa shape index (κ1) is 17.4. The number of carbonyl (C=O) groups excluding carboxylic acids is 1. The molecule has 1 saturated heterocycles. The van der Waals surface area contributed by atoms with E-state index >= 15 is 0 Å². The zero-order valence-corrected chi connectivity index (χ0v) is 14.4. The average molecular weight is 340 g/mol. The summed E-state index contributed by atoms with van der Waals surface area (Å²) in [5.74, 6) is -0.884. The molecular weight excluding hydrogens is 316 g/mol. The van der Waals surface area contributed by atoms with Crippen molar-refractivity contribution in [2.24, 2.45) is 0 Å². The number of fused-ring (bicyclic) bond motifs is 1. The van der Waals surface area contributed by atoms with Gasteiger partial charge < -0.3 is 10.4 Å². The molecular formula is C20H24N2O3. The van der Waals surface area contributed by atoms with Crippen molar-refractivity contribution in [2.75, 3.05) is 13.1 Å². The zero-order chi connectivity index (χ0) is 17.8. The maximum atomic E-state index is 12.6. The van der Waals surface area contributed by atoms with E-state index < -0.39 is 12.0 Å². The summed E-state index contributed by atoms with van der Waals surface area (Å²) in [7, 11) is 0. The van der Waals surface area contributed by atoms with Crippen LogP contribution in [-0.4, -0.2) is 47.1 Å². The fourth-order valence-electron chi connectivity index (χ4n) is 3.60. The number of hydrogen-bond donors (Lipinski definition) is 2. The summed E-state index contributed by atoms with van der Waals surface area (Å²) in [4.78, 5) is 25.9. The molecule has 0 saturated carbocycles. The molecule has 0 radical (unpaired) electrons. The normalized spacial score (nSPS) is 19.5. The van der Waals surface area contributed by atoms with Crippen molar-refractivity contribution in [1.29, 1.82) is 0 Å². The standard InChI is InChI=1S/C20H24N2O3/c1-2-18(20(24)25)22-11-5-8-17(13-22)21-19(23)16-10-9-14-6-3-4-7-15(14)12-16/h3-4,6-7,9-10,12,17-18H,2,5,8,11,13H2,1H3,(H,21,23)(H,24,25)/t17-,18+/m0/s1. The predicted molar refractivity (Wildman–Crippen MR) is 97.7 cm³/mol. The molecule has 1 amide bonds. The molecule has 3 rings (SSSR count). The second-order valence-electron chi connectivity index (χ2n) is 6.63. The number of carboxylic acids is 1. The molecule has 1 fully saturated rings. The maximum absolute atomic E-state index is 12.6. The first-order chi connectivity index (χ1) is 12.1. The van der Waals surface area contributed by atoms with Gasteiger partial charge in [0, 0.05) is 18.2 Å². The molecule has 132 valence electrons. The molecule has 0 aromatic heterocycles. The summed E-state index contributed by atoms with van der Waals surface area (Å²) < 4.78 is 0. The predicted octanol–water partition coefficient (Wildman–Crippen LogP) is 2.90. The van der Waals surface area contributed by atoms with E-state index in [4.69, 9.17) is 0 Å². The van der Waals surface area contributed by atoms with Gasteiger partial charge in [0.1, 0.15) is 6.04 Å². The Balaban J connectivity index is 1.68. The minimum absolute atomic E-state index is 0.0129. The lowest BCUT2D eigenvalue weighted by Crippen LogP contribution is -2.52. The van der Waals surface area contributed by atoms with Gasteiger partial charge in [-0.25, -0.2) is 0 Å². The Bertz CT molecular complexity index is 774. The molecule has 1 aliphatic heterocycles. The molecule has 2 atom stereocenters. The van der Waals surface area contributed by atoms with E-state index in [0.717, 1.165) is 30.2 Å². The van der Waals surface area contributed by atoms with Gasteiger partial charge in [0.05, 0.1) is 0 Å². The van der Waals surface area contributed by atoms with Crippen LogP contribution in [0.25, 0.3) is 10.8 Å². The lowest BCUT2D eigenvalue weighted by molar-refractivity contribution is -0.144. The zero-order valence-electron chi connectivity index (χ0n) is 14.4. The number of aliphatic carboxylic acids is 1. The van der Waals surface area contributed by atoms with E-state index in [-0.39, 0.29) is 11.9 Å². The molecule has 5 nitrogen and oxygen atoms in total. The summed E-state index contributed by atoms with van der Waals surface area (Å²) in [6, 6.07) is 13.2. The summed E-state index contributed by atoms with van der Waals surface area (Å²) in [6.45, 7) is 3.24. The minimum Gasteiger partial charge on any atom is -0.480 e. The lowest BCUT2D eigenvalue weighted by Gasteiger charge is -2.36. The van der Waals surface area contributed by atoms with Crippen LogP contribution >= 0.6 is 0 Å². The molecule has 5 heteroatoms. The third-order valence-corrected chi connectivity index (χ3v) is 4.91. The number of rotatable bonds is 5. The summed E-state index contributed by atoms with van der Waals surface area (Å²) >= 11 is 0. The molecule has 1 heterocycles. The van der Waals surface area contributed by atoms with Gasteiger partial charge in [0.2, 0.25) is 0 Å². The molecule has 0 bridgehead atoms.